The van der Waals surface area contributed by atoms with E-state index in [2.05, 4.69) is 53.7 Å². The fourth-order valence-electron chi connectivity index (χ4n) is 2.20. The quantitative estimate of drug-likeness (QED) is 0.685. The number of fused-ring (bicyclic) bond motifs is 3. The van der Waals surface area contributed by atoms with Crippen molar-refractivity contribution >= 4 is 21.4 Å². The van der Waals surface area contributed by atoms with Crippen LogP contribution in [0.25, 0.3) is 10.1 Å². The molecule has 0 saturated carbocycles. The van der Waals surface area contributed by atoms with Crippen LogP contribution in [0.15, 0.2) is 12.1 Å². The van der Waals surface area contributed by atoms with Gasteiger partial charge in [-0.1, -0.05) is 11.3 Å². The zero-order valence-electron chi connectivity index (χ0n) is 12.4. The second-order valence-corrected chi connectivity index (χ2v) is 7.39. The second kappa shape index (κ2) is 3.66. The minimum atomic E-state index is -0.340. The molecule has 0 spiro atoms. The Morgan fingerprint density at radius 2 is 1.47 bits per heavy atom. The zero-order valence-corrected chi connectivity index (χ0v) is 13.2. The van der Waals surface area contributed by atoms with Gasteiger partial charge >= 0.3 is 0 Å². The van der Waals surface area contributed by atoms with Crippen molar-refractivity contribution in [2.75, 3.05) is 0 Å². The highest BCUT2D eigenvalue weighted by atomic mass is 32.1. The Morgan fingerprint density at radius 3 is 2.16 bits per heavy atom. The lowest BCUT2D eigenvalue weighted by Crippen LogP contribution is -2.55. The Hall–Kier alpha value is -1.22. The van der Waals surface area contributed by atoms with Gasteiger partial charge in [0.15, 0.2) is 5.75 Å². The summed E-state index contributed by atoms with van der Waals surface area (Å²) in [7, 11) is 0. The average molecular weight is 276 g/mol. The third-order valence-electron chi connectivity index (χ3n) is 4.38. The standard InChI is InChI=1S/C16H20O2S/c1-9-7-11-12(8-10(9)2)19-14-13(11)17-15(3,4)16(5,6)18-14/h7-8H,1-6H3. The Labute approximate surface area is 118 Å². The first-order valence-electron chi connectivity index (χ1n) is 6.63. The fourth-order valence-corrected chi connectivity index (χ4v) is 3.40. The molecule has 1 aromatic heterocycles. The van der Waals surface area contributed by atoms with Crippen molar-refractivity contribution in [1.82, 2.24) is 0 Å². The highest BCUT2D eigenvalue weighted by Gasteiger charge is 2.47. The predicted molar refractivity (Wildman–Crippen MR) is 80.7 cm³/mol. The van der Waals surface area contributed by atoms with Gasteiger partial charge in [0.2, 0.25) is 5.06 Å². The highest BCUT2D eigenvalue weighted by molar-refractivity contribution is 7.21. The van der Waals surface area contributed by atoms with Gasteiger partial charge in [-0.05, 0) is 64.8 Å². The van der Waals surface area contributed by atoms with E-state index in [1.54, 1.807) is 11.3 Å². The van der Waals surface area contributed by atoms with Gasteiger partial charge in [-0.25, -0.2) is 0 Å². The molecule has 1 aliphatic heterocycles. The molecule has 0 N–H and O–H groups in total. The van der Waals surface area contributed by atoms with Gasteiger partial charge in [-0.15, -0.1) is 0 Å². The van der Waals surface area contributed by atoms with E-state index in [0.29, 0.717) is 0 Å². The molecule has 3 heteroatoms. The molecule has 0 fully saturated rings. The lowest BCUT2D eigenvalue weighted by molar-refractivity contribution is -0.0951. The van der Waals surface area contributed by atoms with E-state index in [1.807, 2.05) is 0 Å². The summed E-state index contributed by atoms with van der Waals surface area (Å²) in [6, 6.07) is 4.43. The molecule has 0 amide bonds. The summed E-state index contributed by atoms with van der Waals surface area (Å²) in [6.07, 6.45) is 0. The first kappa shape index (κ1) is 12.8. The molecular formula is C16H20O2S. The van der Waals surface area contributed by atoms with Crippen LogP contribution >= 0.6 is 11.3 Å². The summed E-state index contributed by atoms with van der Waals surface area (Å²) >= 11 is 1.68. The Kier molecular flexibility index (Phi) is 2.47. The summed E-state index contributed by atoms with van der Waals surface area (Å²) in [5.74, 6) is 0.910. The Morgan fingerprint density at radius 1 is 0.895 bits per heavy atom. The van der Waals surface area contributed by atoms with Crippen LogP contribution in [0.2, 0.25) is 0 Å². The van der Waals surface area contributed by atoms with Gasteiger partial charge in [0.1, 0.15) is 11.2 Å². The van der Waals surface area contributed by atoms with Crippen LogP contribution in [-0.2, 0) is 0 Å². The van der Waals surface area contributed by atoms with Crippen LogP contribution in [0, 0.1) is 13.8 Å². The lowest BCUT2D eigenvalue weighted by Gasteiger charge is -2.44. The van der Waals surface area contributed by atoms with Gasteiger partial charge in [-0.2, -0.15) is 0 Å². The molecule has 1 aliphatic rings. The monoisotopic (exact) mass is 276 g/mol. The van der Waals surface area contributed by atoms with Crippen LogP contribution in [0.1, 0.15) is 38.8 Å². The number of benzene rings is 1. The van der Waals surface area contributed by atoms with Crippen LogP contribution < -0.4 is 9.47 Å². The minimum absolute atomic E-state index is 0.328. The van der Waals surface area contributed by atoms with E-state index in [4.69, 9.17) is 9.47 Å². The normalized spacial score (nSPS) is 19.7. The first-order valence-corrected chi connectivity index (χ1v) is 7.45. The molecule has 19 heavy (non-hydrogen) atoms. The Balaban J connectivity index is 2.25. The number of hydrogen-bond acceptors (Lipinski definition) is 3. The van der Waals surface area contributed by atoms with Crippen molar-refractivity contribution in [3.8, 4) is 10.8 Å². The highest BCUT2D eigenvalue weighted by Crippen LogP contribution is 2.52. The summed E-state index contributed by atoms with van der Waals surface area (Å²) in [6.45, 7) is 12.6. The van der Waals surface area contributed by atoms with Crippen LogP contribution in [0.4, 0.5) is 0 Å². The molecule has 0 unspecified atom stereocenters. The summed E-state index contributed by atoms with van der Waals surface area (Å²) in [5.41, 5.74) is 1.93. The molecule has 1 aromatic carbocycles. The molecule has 2 heterocycles. The second-order valence-electron chi connectivity index (χ2n) is 6.38. The number of aryl methyl sites for hydroxylation is 2. The maximum atomic E-state index is 6.27. The van der Waals surface area contributed by atoms with Crippen LogP contribution in [0.5, 0.6) is 10.8 Å². The molecular weight excluding hydrogens is 256 g/mol. The SMILES string of the molecule is Cc1cc2sc3c(c2cc1C)OC(C)(C)C(C)(C)O3. The van der Waals surface area contributed by atoms with Crippen molar-refractivity contribution < 1.29 is 9.47 Å². The van der Waals surface area contributed by atoms with Crippen LogP contribution in [-0.4, -0.2) is 11.2 Å². The number of thiophene rings is 1. The van der Waals surface area contributed by atoms with E-state index >= 15 is 0 Å². The van der Waals surface area contributed by atoms with Gasteiger partial charge < -0.3 is 9.47 Å². The fraction of sp³-hybridized carbons (Fsp3) is 0.500. The third kappa shape index (κ3) is 1.75. The van der Waals surface area contributed by atoms with E-state index in [1.165, 1.54) is 21.2 Å². The van der Waals surface area contributed by atoms with Crippen molar-refractivity contribution in [3.05, 3.63) is 23.3 Å². The molecule has 0 bridgehead atoms. The van der Waals surface area contributed by atoms with Gasteiger partial charge in [0.05, 0.1) is 0 Å². The van der Waals surface area contributed by atoms with Gasteiger partial charge in [0, 0.05) is 10.1 Å². The van der Waals surface area contributed by atoms with E-state index in [0.717, 1.165) is 10.8 Å². The van der Waals surface area contributed by atoms with E-state index in [9.17, 15) is 0 Å². The Bertz CT molecular complexity index is 665. The van der Waals surface area contributed by atoms with Crippen molar-refractivity contribution in [1.29, 1.82) is 0 Å². The number of rotatable bonds is 0. The summed E-state index contributed by atoms with van der Waals surface area (Å²) < 4.78 is 13.7. The first-order chi connectivity index (χ1) is 8.71. The lowest BCUT2D eigenvalue weighted by atomic mass is 9.88. The van der Waals surface area contributed by atoms with Gasteiger partial charge in [-0.3, -0.25) is 0 Å². The molecule has 2 nitrogen and oxygen atoms in total. The molecule has 0 radical (unpaired) electrons. The largest absolute Gasteiger partial charge is 0.478 e. The number of ether oxygens (including phenoxy) is 2. The van der Waals surface area contributed by atoms with Gasteiger partial charge in [0.25, 0.3) is 0 Å². The molecule has 0 saturated heterocycles. The summed E-state index contributed by atoms with van der Waals surface area (Å²) in [5, 5.41) is 2.08. The maximum absolute atomic E-state index is 6.27. The van der Waals surface area contributed by atoms with Crippen molar-refractivity contribution in [2.45, 2.75) is 52.7 Å². The molecule has 3 rings (SSSR count). The van der Waals surface area contributed by atoms with Crippen LogP contribution in [0.3, 0.4) is 0 Å². The van der Waals surface area contributed by atoms with E-state index < -0.39 is 0 Å². The summed E-state index contributed by atoms with van der Waals surface area (Å²) in [4.78, 5) is 0. The minimum Gasteiger partial charge on any atom is -0.478 e. The number of hydrogen-bond donors (Lipinski definition) is 0. The average Bonchev–Trinajstić information content (AvgIpc) is 2.56. The smallest absolute Gasteiger partial charge is 0.218 e. The topological polar surface area (TPSA) is 18.5 Å². The van der Waals surface area contributed by atoms with Crippen molar-refractivity contribution in [2.24, 2.45) is 0 Å². The van der Waals surface area contributed by atoms with Crippen molar-refractivity contribution in [3.63, 3.8) is 0 Å². The molecule has 0 aliphatic carbocycles. The predicted octanol–water partition coefficient (Wildman–Crippen LogP) is 4.85. The molecule has 0 atom stereocenters. The molecule has 102 valence electrons. The molecule has 2 aromatic rings. The maximum Gasteiger partial charge on any atom is 0.218 e. The zero-order chi connectivity index (χ0) is 14.0. The van der Waals surface area contributed by atoms with E-state index in [-0.39, 0.29) is 11.2 Å². The third-order valence-corrected chi connectivity index (χ3v) is 5.40.